The average molecular weight is 307 g/mol. The van der Waals surface area contributed by atoms with E-state index in [0.717, 1.165) is 42.9 Å². The van der Waals surface area contributed by atoms with Crippen molar-refractivity contribution in [3.05, 3.63) is 29.3 Å². The number of ether oxygens (including phenoxy) is 2. The van der Waals surface area contributed by atoms with Crippen molar-refractivity contribution < 1.29 is 9.47 Å². The van der Waals surface area contributed by atoms with Gasteiger partial charge in [-0.15, -0.1) is 0 Å². The van der Waals surface area contributed by atoms with Gasteiger partial charge in [0, 0.05) is 30.2 Å². The van der Waals surface area contributed by atoms with Crippen molar-refractivity contribution in [2.24, 2.45) is 5.73 Å². The van der Waals surface area contributed by atoms with Gasteiger partial charge < -0.3 is 15.2 Å². The molecule has 2 heterocycles. The van der Waals surface area contributed by atoms with Gasteiger partial charge in [0.05, 0.1) is 12.2 Å². The molecule has 2 aliphatic heterocycles. The Labute approximate surface area is 131 Å². The minimum absolute atomic E-state index is 0.00330. The molecule has 2 fully saturated rings. The third-order valence-electron chi connectivity index (χ3n) is 4.47. The van der Waals surface area contributed by atoms with Gasteiger partial charge in [0.25, 0.3) is 0 Å². The summed E-state index contributed by atoms with van der Waals surface area (Å²) >= 11 is 2.00. The summed E-state index contributed by atoms with van der Waals surface area (Å²) in [5.41, 5.74) is 8.45. The lowest BCUT2D eigenvalue weighted by molar-refractivity contribution is -0.0960. The Hall–Kier alpha value is -0.710. The van der Waals surface area contributed by atoms with Crippen molar-refractivity contribution in [1.29, 1.82) is 0 Å². The van der Waals surface area contributed by atoms with E-state index in [1.54, 1.807) is 0 Å². The molecule has 21 heavy (non-hydrogen) atoms. The van der Waals surface area contributed by atoms with E-state index < -0.39 is 0 Å². The molecule has 4 heteroatoms. The minimum Gasteiger partial charge on any atom is -0.490 e. The highest BCUT2D eigenvalue weighted by Crippen LogP contribution is 2.39. The first kappa shape index (κ1) is 15.2. The molecule has 3 nitrogen and oxygen atoms in total. The van der Waals surface area contributed by atoms with Crippen LogP contribution in [0.15, 0.2) is 18.2 Å². The number of hydrogen-bond acceptors (Lipinski definition) is 4. The lowest BCUT2D eigenvalue weighted by Gasteiger charge is -2.38. The van der Waals surface area contributed by atoms with Crippen molar-refractivity contribution >= 4 is 11.8 Å². The Morgan fingerprint density at radius 2 is 2.33 bits per heavy atom. The molecule has 2 saturated heterocycles. The second kappa shape index (κ2) is 6.19. The van der Waals surface area contributed by atoms with Gasteiger partial charge in [-0.3, -0.25) is 0 Å². The van der Waals surface area contributed by atoms with Gasteiger partial charge in [0.2, 0.25) is 0 Å². The van der Waals surface area contributed by atoms with Crippen LogP contribution in [0.2, 0.25) is 0 Å². The van der Waals surface area contributed by atoms with Crippen LogP contribution in [0.1, 0.15) is 43.4 Å². The number of aryl methyl sites for hydroxylation is 1. The number of thioether (sulfide) groups is 1. The SMILES string of the molecule is Cc1ccc([C@H](C)N)c(OC2CCOC3(CCSC3)C2)c1. The molecule has 1 aromatic rings. The standard InChI is InChI=1S/C17H25NO2S/c1-12-3-4-15(13(2)18)16(9-12)20-14-5-7-19-17(10-14)6-8-21-11-17/h3-4,9,13-14H,5-8,10-11,18H2,1-2H3/t13-,14?,17?/m0/s1. The molecule has 2 N–H and O–H groups in total. The highest BCUT2D eigenvalue weighted by atomic mass is 32.2. The number of nitrogens with two attached hydrogens (primary N) is 1. The van der Waals surface area contributed by atoms with Crippen LogP contribution in [0.4, 0.5) is 0 Å². The van der Waals surface area contributed by atoms with Crippen LogP contribution in [-0.4, -0.2) is 29.8 Å². The van der Waals surface area contributed by atoms with Gasteiger partial charge in [-0.2, -0.15) is 11.8 Å². The summed E-state index contributed by atoms with van der Waals surface area (Å²) in [5, 5.41) is 0. The van der Waals surface area contributed by atoms with Crippen molar-refractivity contribution in [2.75, 3.05) is 18.1 Å². The van der Waals surface area contributed by atoms with Crippen LogP contribution in [0.3, 0.4) is 0 Å². The average Bonchev–Trinajstić information content (AvgIpc) is 2.86. The summed E-state index contributed by atoms with van der Waals surface area (Å²) in [6.07, 6.45) is 3.38. The Balaban J connectivity index is 1.75. The van der Waals surface area contributed by atoms with Crippen LogP contribution < -0.4 is 10.5 Å². The Morgan fingerprint density at radius 3 is 3.05 bits per heavy atom. The topological polar surface area (TPSA) is 44.5 Å². The summed E-state index contributed by atoms with van der Waals surface area (Å²) in [6.45, 7) is 4.91. The molecule has 0 radical (unpaired) electrons. The molecular weight excluding hydrogens is 282 g/mol. The van der Waals surface area contributed by atoms with E-state index in [1.807, 2.05) is 18.7 Å². The van der Waals surface area contributed by atoms with Crippen LogP contribution in [0.5, 0.6) is 5.75 Å². The largest absolute Gasteiger partial charge is 0.490 e. The zero-order valence-corrected chi connectivity index (χ0v) is 13.7. The highest BCUT2D eigenvalue weighted by Gasteiger charge is 2.41. The number of benzene rings is 1. The normalized spacial score (nSPS) is 30.5. The van der Waals surface area contributed by atoms with E-state index in [2.05, 4.69) is 25.1 Å². The van der Waals surface area contributed by atoms with E-state index in [1.165, 1.54) is 11.3 Å². The fourth-order valence-corrected chi connectivity index (χ4v) is 4.62. The summed E-state index contributed by atoms with van der Waals surface area (Å²) in [7, 11) is 0. The zero-order valence-electron chi connectivity index (χ0n) is 12.9. The predicted octanol–water partition coefficient (Wildman–Crippen LogP) is 3.45. The molecule has 116 valence electrons. The van der Waals surface area contributed by atoms with Gasteiger partial charge in [0.1, 0.15) is 11.9 Å². The van der Waals surface area contributed by atoms with Gasteiger partial charge in [-0.05, 0) is 37.7 Å². The summed E-state index contributed by atoms with van der Waals surface area (Å²) in [4.78, 5) is 0. The third kappa shape index (κ3) is 3.38. The number of rotatable bonds is 3. The molecule has 3 atom stereocenters. The van der Waals surface area contributed by atoms with Crippen LogP contribution >= 0.6 is 11.8 Å². The summed E-state index contributed by atoms with van der Waals surface area (Å²) < 4.78 is 12.4. The monoisotopic (exact) mass is 307 g/mol. The fraction of sp³-hybridized carbons (Fsp3) is 0.647. The maximum atomic E-state index is 6.35. The first-order valence-corrected chi connectivity index (χ1v) is 8.98. The Bertz CT molecular complexity index is 498. The highest BCUT2D eigenvalue weighted by molar-refractivity contribution is 7.99. The minimum atomic E-state index is -0.00330. The van der Waals surface area contributed by atoms with Crippen LogP contribution in [0, 0.1) is 6.92 Å². The molecule has 0 aliphatic carbocycles. The summed E-state index contributed by atoms with van der Waals surface area (Å²) in [6, 6.07) is 6.31. The van der Waals surface area contributed by atoms with E-state index in [4.69, 9.17) is 15.2 Å². The Morgan fingerprint density at radius 1 is 1.48 bits per heavy atom. The van der Waals surface area contributed by atoms with Crippen molar-refractivity contribution in [1.82, 2.24) is 0 Å². The molecule has 2 unspecified atom stereocenters. The maximum absolute atomic E-state index is 6.35. The molecule has 0 aromatic heterocycles. The smallest absolute Gasteiger partial charge is 0.124 e. The number of hydrogen-bond donors (Lipinski definition) is 1. The van der Waals surface area contributed by atoms with Crippen molar-refractivity contribution in [2.45, 2.75) is 50.9 Å². The molecule has 0 bridgehead atoms. The molecule has 3 rings (SSSR count). The molecule has 1 aromatic carbocycles. The predicted molar refractivity (Wildman–Crippen MR) is 88.1 cm³/mol. The van der Waals surface area contributed by atoms with E-state index >= 15 is 0 Å². The quantitative estimate of drug-likeness (QED) is 0.929. The van der Waals surface area contributed by atoms with E-state index in [-0.39, 0.29) is 17.7 Å². The van der Waals surface area contributed by atoms with Gasteiger partial charge in [-0.1, -0.05) is 12.1 Å². The van der Waals surface area contributed by atoms with Gasteiger partial charge >= 0.3 is 0 Å². The molecule has 0 saturated carbocycles. The van der Waals surface area contributed by atoms with Crippen molar-refractivity contribution in [3.8, 4) is 5.75 Å². The van der Waals surface area contributed by atoms with Crippen LogP contribution in [0.25, 0.3) is 0 Å². The zero-order chi connectivity index (χ0) is 14.9. The van der Waals surface area contributed by atoms with E-state index in [9.17, 15) is 0 Å². The van der Waals surface area contributed by atoms with E-state index in [0.29, 0.717) is 0 Å². The first-order valence-electron chi connectivity index (χ1n) is 7.82. The third-order valence-corrected chi connectivity index (χ3v) is 5.69. The van der Waals surface area contributed by atoms with Crippen LogP contribution in [-0.2, 0) is 4.74 Å². The Kier molecular flexibility index (Phi) is 4.48. The molecular formula is C17H25NO2S. The maximum Gasteiger partial charge on any atom is 0.124 e. The molecule has 0 amide bonds. The lowest BCUT2D eigenvalue weighted by atomic mass is 9.91. The second-order valence-electron chi connectivity index (χ2n) is 6.40. The second-order valence-corrected chi connectivity index (χ2v) is 7.50. The van der Waals surface area contributed by atoms with Gasteiger partial charge in [0.15, 0.2) is 0 Å². The molecule has 2 aliphatic rings. The lowest BCUT2D eigenvalue weighted by Crippen LogP contribution is -2.44. The van der Waals surface area contributed by atoms with Crippen molar-refractivity contribution in [3.63, 3.8) is 0 Å². The first-order chi connectivity index (χ1) is 10.1. The van der Waals surface area contributed by atoms with Gasteiger partial charge in [-0.25, -0.2) is 0 Å². The molecule has 1 spiro atoms. The fourth-order valence-electron chi connectivity index (χ4n) is 3.25. The summed E-state index contributed by atoms with van der Waals surface area (Å²) in [5.74, 6) is 3.28.